The molecule has 0 radical (unpaired) electrons. The van der Waals surface area contributed by atoms with Crippen molar-refractivity contribution in [2.45, 2.75) is 91.0 Å². The molecule has 0 rings (SSSR count). The summed E-state index contributed by atoms with van der Waals surface area (Å²) < 4.78 is 6.55. The summed E-state index contributed by atoms with van der Waals surface area (Å²) in [6.07, 6.45) is 5.67. The van der Waals surface area contributed by atoms with Crippen molar-refractivity contribution in [3.63, 3.8) is 0 Å². The number of hydrogen-bond acceptors (Lipinski definition) is 2. The summed E-state index contributed by atoms with van der Waals surface area (Å²) in [4.78, 5) is 0. The van der Waals surface area contributed by atoms with E-state index in [1.807, 2.05) is 0 Å². The molecule has 0 aromatic rings. The van der Waals surface area contributed by atoms with Gasteiger partial charge in [-0.1, -0.05) is 53.9 Å². The first-order chi connectivity index (χ1) is 8.65. The zero-order valence-electron chi connectivity index (χ0n) is 14.0. The molecule has 0 aliphatic rings. The summed E-state index contributed by atoms with van der Waals surface area (Å²) in [5.41, 5.74) is 0. The van der Waals surface area contributed by atoms with Crippen molar-refractivity contribution in [1.82, 2.24) is 0 Å². The van der Waals surface area contributed by atoms with Crippen LogP contribution in [0.2, 0.25) is 18.1 Å². The molecule has 0 N–H and O–H groups in total. The Balaban J connectivity index is 4.70. The van der Waals surface area contributed by atoms with Crippen LogP contribution in [0.25, 0.3) is 0 Å². The van der Waals surface area contributed by atoms with Crippen molar-refractivity contribution in [1.29, 1.82) is 5.26 Å². The maximum atomic E-state index is 8.92. The Kier molecular flexibility index (Phi) is 7.92. The highest BCUT2D eigenvalue weighted by atomic mass is 28.4. The molecule has 2 nitrogen and oxygen atoms in total. The van der Waals surface area contributed by atoms with Crippen LogP contribution in [0.5, 0.6) is 0 Å². The molecular weight excluding hydrogens is 250 g/mol. The van der Waals surface area contributed by atoms with Gasteiger partial charge in [0.2, 0.25) is 0 Å². The standard InChI is InChI=1S/C16H33NOSi/c1-8-9-10-11-15(14(2)12-13-17)18-19(6,7)16(3,4)5/h14-15H,8-12H2,1-7H3/t14-,15-/m0/s1. The van der Waals surface area contributed by atoms with Gasteiger partial charge in [0.25, 0.3) is 0 Å². The third-order valence-electron chi connectivity index (χ3n) is 4.39. The highest BCUT2D eigenvalue weighted by Crippen LogP contribution is 2.39. The van der Waals surface area contributed by atoms with Crippen LogP contribution < -0.4 is 0 Å². The summed E-state index contributed by atoms with van der Waals surface area (Å²) >= 11 is 0. The van der Waals surface area contributed by atoms with E-state index in [1.54, 1.807) is 0 Å². The van der Waals surface area contributed by atoms with Gasteiger partial charge >= 0.3 is 0 Å². The lowest BCUT2D eigenvalue weighted by Crippen LogP contribution is -2.45. The first kappa shape index (κ1) is 18.7. The maximum absolute atomic E-state index is 8.92. The number of rotatable bonds is 8. The van der Waals surface area contributed by atoms with Crippen molar-refractivity contribution < 1.29 is 4.43 Å². The van der Waals surface area contributed by atoms with Crippen molar-refractivity contribution >= 4 is 8.32 Å². The average Bonchev–Trinajstić information content (AvgIpc) is 2.26. The molecule has 0 amide bonds. The number of hydrogen-bond donors (Lipinski definition) is 0. The van der Waals surface area contributed by atoms with Crippen molar-refractivity contribution in [3.05, 3.63) is 0 Å². The molecule has 0 aliphatic heterocycles. The van der Waals surface area contributed by atoms with E-state index >= 15 is 0 Å². The summed E-state index contributed by atoms with van der Waals surface area (Å²) in [5.74, 6) is 0.344. The lowest BCUT2D eigenvalue weighted by atomic mass is 9.97. The largest absolute Gasteiger partial charge is 0.414 e. The monoisotopic (exact) mass is 283 g/mol. The van der Waals surface area contributed by atoms with E-state index in [4.69, 9.17) is 9.69 Å². The van der Waals surface area contributed by atoms with Gasteiger partial charge in [0.15, 0.2) is 8.32 Å². The molecule has 112 valence electrons. The molecule has 0 aromatic carbocycles. The van der Waals surface area contributed by atoms with Crippen LogP contribution in [0.3, 0.4) is 0 Å². The number of nitriles is 1. The fourth-order valence-electron chi connectivity index (χ4n) is 1.89. The third kappa shape index (κ3) is 6.58. The fourth-order valence-corrected chi connectivity index (χ4v) is 3.35. The van der Waals surface area contributed by atoms with E-state index in [1.165, 1.54) is 19.3 Å². The van der Waals surface area contributed by atoms with Crippen LogP contribution in [0, 0.1) is 17.2 Å². The van der Waals surface area contributed by atoms with Crippen LogP contribution in [-0.2, 0) is 4.43 Å². The zero-order chi connectivity index (χ0) is 15.1. The molecule has 0 saturated carbocycles. The SMILES string of the molecule is CCCCC[C@H](O[Si](C)(C)C(C)(C)C)[C@@H](C)CC#N. The van der Waals surface area contributed by atoms with E-state index in [0.717, 1.165) is 6.42 Å². The minimum absolute atomic E-state index is 0.238. The molecule has 0 fully saturated rings. The van der Waals surface area contributed by atoms with Gasteiger partial charge in [-0.3, -0.25) is 0 Å². The molecule has 19 heavy (non-hydrogen) atoms. The zero-order valence-corrected chi connectivity index (χ0v) is 15.0. The Bertz CT molecular complexity index is 288. The highest BCUT2D eigenvalue weighted by molar-refractivity contribution is 6.74. The van der Waals surface area contributed by atoms with Crippen LogP contribution in [0.1, 0.15) is 66.7 Å². The van der Waals surface area contributed by atoms with Crippen LogP contribution in [-0.4, -0.2) is 14.4 Å². The minimum Gasteiger partial charge on any atom is -0.414 e. The summed E-state index contributed by atoms with van der Waals surface area (Å²) in [6, 6.07) is 2.30. The minimum atomic E-state index is -1.73. The molecule has 2 atom stereocenters. The van der Waals surface area contributed by atoms with Gasteiger partial charge in [0, 0.05) is 12.5 Å². The van der Waals surface area contributed by atoms with Crippen molar-refractivity contribution in [2.24, 2.45) is 5.92 Å². The second kappa shape index (κ2) is 8.07. The Morgan fingerprint density at radius 2 is 1.79 bits per heavy atom. The predicted octanol–water partition coefficient (Wildman–Crippen LogP) is 5.51. The maximum Gasteiger partial charge on any atom is 0.192 e. The molecule has 0 spiro atoms. The smallest absolute Gasteiger partial charge is 0.192 e. The van der Waals surface area contributed by atoms with E-state index in [9.17, 15) is 0 Å². The van der Waals surface area contributed by atoms with Gasteiger partial charge < -0.3 is 4.43 Å². The molecule has 0 heterocycles. The van der Waals surface area contributed by atoms with E-state index < -0.39 is 8.32 Å². The lowest BCUT2D eigenvalue weighted by molar-refractivity contribution is 0.115. The third-order valence-corrected chi connectivity index (χ3v) is 8.90. The predicted molar refractivity (Wildman–Crippen MR) is 85.6 cm³/mol. The molecule has 3 heteroatoms. The van der Waals surface area contributed by atoms with Crippen molar-refractivity contribution in [3.8, 4) is 6.07 Å². The molecular formula is C16H33NOSi. The normalized spacial score (nSPS) is 15.9. The van der Waals surface area contributed by atoms with Gasteiger partial charge in [0.1, 0.15) is 0 Å². The van der Waals surface area contributed by atoms with E-state index in [2.05, 4.69) is 53.8 Å². The quantitative estimate of drug-likeness (QED) is 0.435. The van der Waals surface area contributed by atoms with E-state index in [-0.39, 0.29) is 11.1 Å². The number of unbranched alkanes of at least 4 members (excludes halogenated alkanes) is 2. The first-order valence-corrected chi connectivity index (χ1v) is 10.6. The van der Waals surface area contributed by atoms with Crippen molar-refractivity contribution in [2.75, 3.05) is 0 Å². The molecule has 0 aliphatic carbocycles. The highest BCUT2D eigenvalue weighted by Gasteiger charge is 2.39. The topological polar surface area (TPSA) is 33.0 Å². The Hall–Kier alpha value is -0.333. The molecule has 0 saturated heterocycles. The van der Waals surface area contributed by atoms with Crippen LogP contribution in [0.15, 0.2) is 0 Å². The molecule has 0 aromatic heterocycles. The second-order valence-corrected chi connectivity index (χ2v) is 12.0. The summed E-state index contributed by atoms with van der Waals surface area (Å²) in [6.45, 7) is 15.8. The first-order valence-electron chi connectivity index (χ1n) is 7.70. The second-order valence-electron chi connectivity index (χ2n) is 7.25. The van der Waals surface area contributed by atoms with Gasteiger partial charge in [-0.2, -0.15) is 5.26 Å². The summed E-state index contributed by atoms with van der Waals surface area (Å²) in [5, 5.41) is 9.16. The Labute approximate surface area is 121 Å². The van der Waals surface area contributed by atoms with Gasteiger partial charge in [0.05, 0.1) is 6.07 Å². The van der Waals surface area contributed by atoms with Crippen LogP contribution >= 0.6 is 0 Å². The lowest BCUT2D eigenvalue weighted by Gasteiger charge is -2.40. The molecule has 0 unspecified atom stereocenters. The average molecular weight is 284 g/mol. The van der Waals surface area contributed by atoms with E-state index in [0.29, 0.717) is 12.3 Å². The summed E-state index contributed by atoms with van der Waals surface area (Å²) in [7, 11) is -1.73. The van der Waals surface area contributed by atoms with Crippen LogP contribution in [0.4, 0.5) is 0 Å². The van der Waals surface area contributed by atoms with Gasteiger partial charge in [-0.05, 0) is 30.5 Å². The Morgan fingerprint density at radius 1 is 1.21 bits per heavy atom. The Morgan fingerprint density at radius 3 is 2.21 bits per heavy atom. The van der Waals surface area contributed by atoms with Gasteiger partial charge in [-0.25, -0.2) is 0 Å². The fraction of sp³-hybridized carbons (Fsp3) is 0.938. The van der Waals surface area contributed by atoms with Gasteiger partial charge in [-0.15, -0.1) is 0 Å². The molecule has 0 bridgehead atoms. The number of nitrogens with zero attached hydrogens (tertiary/aromatic N) is 1.